The highest BCUT2D eigenvalue weighted by Gasteiger charge is 2.41. The monoisotopic (exact) mass is 267 g/mol. The Morgan fingerprint density at radius 3 is 2.10 bits per heavy atom. The van der Waals surface area contributed by atoms with Gasteiger partial charge in [0.15, 0.2) is 0 Å². The summed E-state index contributed by atoms with van der Waals surface area (Å²) in [7, 11) is 0. The summed E-state index contributed by atoms with van der Waals surface area (Å²) in [5.41, 5.74) is 4.84. The molecule has 0 heterocycles. The van der Waals surface area contributed by atoms with E-state index in [1.54, 1.807) is 0 Å². The van der Waals surface area contributed by atoms with E-state index in [0.717, 1.165) is 0 Å². The van der Waals surface area contributed by atoms with Crippen LogP contribution in [-0.4, -0.2) is 22.4 Å². The normalized spacial score (nSPS) is 14.9. The van der Waals surface area contributed by atoms with Crippen molar-refractivity contribution >= 4 is 28.4 Å². The largest absolute Gasteiger partial charge is 0.451 e. The number of rotatable bonds is 2. The van der Waals surface area contributed by atoms with Crippen molar-refractivity contribution in [2.45, 2.75) is 10.1 Å². The second-order valence-corrected chi connectivity index (χ2v) is 3.07. The molecular weight excluding hydrogens is 262 g/mol. The molecule has 60 valence electrons. The molecule has 0 fully saturated rings. The summed E-state index contributed by atoms with van der Waals surface area (Å²) in [5, 5.41) is 0. The fourth-order valence-electron chi connectivity index (χ4n) is 0.285. The van der Waals surface area contributed by atoms with E-state index in [4.69, 9.17) is 5.73 Å². The van der Waals surface area contributed by atoms with Crippen molar-refractivity contribution in [2.24, 2.45) is 5.73 Å². The van der Waals surface area contributed by atoms with Crippen LogP contribution in [0.1, 0.15) is 0 Å². The Kier molecular flexibility index (Phi) is 3.57. The minimum atomic E-state index is -4.74. The zero-order valence-electron chi connectivity index (χ0n) is 4.78. The fourth-order valence-corrected chi connectivity index (χ4v) is 0.638. The lowest BCUT2D eigenvalue weighted by molar-refractivity contribution is -0.169. The maximum atomic E-state index is 11.5. The first-order valence-electron chi connectivity index (χ1n) is 2.34. The molecule has 10 heavy (non-hydrogen) atoms. The number of ketones is 1. The molecule has 0 saturated heterocycles. The highest BCUT2D eigenvalue weighted by atomic mass is 127. The average Bonchev–Trinajstić information content (AvgIpc) is 1.83. The van der Waals surface area contributed by atoms with Gasteiger partial charge in [-0.2, -0.15) is 13.2 Å². The van der Waals surface area contributed by atoms with Crippen LogP contribution in [0.4, 0.5) is 13.2 Å². The van der Waals surface area contributed by atoms with Crippen molar-refractivity contribution in [3.05, 3.63) is 0 Å². The number of hydrogen-bond donors (Lipinski definition) is 1. The lowest BCUT2D eigenvalue weighted by Crippen LogP contribution is -2.35. The first-order valence-corrected chi connectivity index (χ1v) is 3.59. The number of carbonyl (C=O) groups is 1. The molecule has 0 aromatic heterocycles. The highest BCUT2D eigenvalue weighted by molar-refractivity contribution is 14.1. The lowest BCUT2D eigenvalue weighted by Gasteiger charge is -2.07. The molecule has 0 saturated carbocycles. The van der Waals surface area contributed by atoms with E-state index in [9.17, 15) is 18.0 Å². The molecular formula is C4H5F3INO. The first-order chi connectivity index (χ1) is 4.39. The van der Waals surface area contributed by atoms with Gasteiger partial charge in [0, 0.05) is 6.54 Å². The molecule has 0 radical (unpaired) electrons. The molecule has 0 bridgehead atoms. The molecule has 0 aliphatic heterocycles. The van der Waals surface area contributed by atoms with E-state index >= 15 is 0 Å². The van der Waals surface area contributed by atoms with E-state index in [1.165, 1.54) is 22.6 Å². The standard InChI is InChI=1S/C4H5F3INO/c5-4(6,7)3(10)2(8)1-9/h2H,1,9H2. The summed E-state index contributed by atoms with van der Waals surface area (Å²) < 4.78 is 33.3. The molecule has 2 N–H and O–H groups in total. The molecule has 0 spiro atoms. The van der Waals surface area contributed by atoms with Gasteiger partial charge < -0.3 is 5.73 Å². The molecule has 0 aromatic carbocycles. The Morgan fingerprint density at radius 2 is 2.00 bits per heavy atom. The molecule has 0 aliphatic rings. The highest BCUT2D eigenvalue weighted by Crippen LogP contribution is 2.20. The van der Waals surface area contributed by atoms with E-state index in [-0.39, 0.29) is 6.54 Å². The lowest BCUT2D eigenvalue weighted by atomic mass is 10.3. The first kappa shape index (κ1) is 10.2. The molecule has 0 rings (SSSR count). The van der Waals surface area contributed by atoms with E-state index < -0.39 is 15.9 Å². The van der Waals surface area contributed by atoms with Gasteiger partial charge in [0.25, 0.3) is 0 Å². The Labute approximate surface area is 69.1 Å². The van der Waals surface area contributed by atoms with Crippen LogP contribution in [0.5, 0.6) is 0 Å². The Bertz CT molecular complexity index is 135. The fraction of sp³-hybridized carbons (Fsp3) is 0.750. The minimum Gasteiger partial charge on any atom is -0.329 e. The summed E-state index contributed by atoms with van der Waals surface area (Å²) >= 11 is 1.36. The van der Waals surface area contributed by atoms with Crippen molar-refractivity contribution in [1.82, 2.24) is 0 Å². The smallest absolute Gasteiger partial charge is 0.329 e. The van der Waals surface area contributed by atoms with Crippen LogP contribution in [0.25, 0.3) is 0 Å². The van der Waals surface area contributed by atoms with Gasteiger partial charge in [-0.15, -0.1) is 0 Å². The molecule has 6 heteroatoms. The van der Waals surface area contributed by atoms with Gasteiger partial charge in [0.1, 0.15) is 0 Å². The van der Waals surface area contributed by atoms with E-state index in [2.05, 4.69) is 0 Å². The van der Waals surface area contributed by atoms with Crippen LogP contribution < -0.4 is 5.73 Å². The summed E-state index contributed by atoms with van der Waals surface area (Å²) in [6.07, 6.45) is -4.74. The molecule has 1 unspecified atom stereocenters. The number of alkyl halides is 4. The Balaban J connectivity index is 4.09. The van der Waals surface area contributed by atoms with Crippen LogP contribution >= 0.6 is 22.6 Å². The van der Waals surface area contributed by atoms with Crippen molar-refractivity contribution < 1.29 is 18.0 Å². The van der Waals surface area contributed by atoms with Crippen LogP contribution in [0.2, 0.25) is 0 Å². The molecule has 0 aromatic rings. The summed E-state index contributed by atoms with van der Waals surface area (Å²) in [4.78, 5) is 10.2. The van der Waals surface area contributed by atoms with Gasteiger partial charge in [-0.05, 0) is 0 Å². The predicted octanol–water partition coefficient (Wildman–Crippen LogP) is 0.880. The van der Waals surface area contributed by atoms with E-state index in [0.29, 0.717) is 0 Å². The van der Waals surface area contributed by atoms with Gasteiger partial charge >= 0.3 is 6.18 Å². The molecule has 0 aliphatic carbocycles. The maximum absolute atomic E-state index is 11.5. The van der Waals surface area contributed by atoms with Crippen molar-refractivity contribution in [3.63, 3.8) is 0 Å². The number of hydrogen-bond acceptors (Lipinski definition) is 2. The SMILES string of the molecule is NCC(I)C(=O)C(F)(F)F. The van der Waals surface area contributed by atoms with Gasteiger partial charge in [0.2, 0.25) is 5.78 Å². The van der Waals surface area contributed by atoms with Crippen molar-refractivity contribution in [2.75, 3.05) is 6.54 Å². The Hall–Kier alpha value is 0.150. The molecule has 0 amide bonds. The number of carbonyl (C=O) groups excluding carboxylic acids is 1. The summed E-state index contributed by atoms with van der Waals surface area (Å²) in [6.45, 7) is -0.279. The van der Waals surface area contributed by atoms with Gasteiger partial charge in [-0.1, -0.05) is 22.6 Å². The quantitative estimate of drug-likeness (QED) is 0.596. The number of halogens is 4. The second kappa shape index (κ2) is 3.51. The van der Waals surface area contributed by atoms with Crippen molar-refractivity contribution in [1.29, 1.82) is 0 Å². The van der Waals surface area contributed by atoms with Crippen LogP contribution in [0, 0.1) is 0 Å². The van der Waals surface area contributed by atoms with Crippen LogP contribution in [0.3, 0.4) is 0 Å². The average molecular weight is 267 g/mol. The predicted molar refractivity (Wildman–Crippen MR) is 37.9 cm³/mol. The van der Waals surface area contributed by atoms with Gasteiger partial charge in [-0.25, -0.2) is 0 Å². The third kappa shape index (κ3) is 2.82. The van der Waals surface area contributed by atoms with Crippen molar-refractivity contribution in [3.8, 4) is 0 Å². The molecule has 2 nitrogen and oxygen atoms in total. The zero-order chi connectivity index (χ0) is 8.36. The topological polar surface area (TPSA) is 43.1 Å². The van der Waals surface area contributed by atoms with Gasteiger partial charge in [-0.3, -0.25) is 4.79 Å². The number of nitrogens with two attached hydrogens (primary N) is 1. The third-order valence-electron chi connectivity index (χ3n) is 0.771. The summed E-state index contributed by atoms with van der Waals surface area (Å²) in [5.74, 6) is -1.77. The zero-order valence-corrected chi connectivity index (χ0v) is 6.94. The van der Waals surface area contributed by atoms with Gasteiger partial charge in [0.05, 0.1) is 3.92 Å². The van der Waals surface area contributed by atoms with Crippen LogP contribution in [-0.2, 0) is 4.79 Å². The van der Waals surface area contributed by atoms with E-state index in [1.807, 2.05) is 0 Å². The van der Waals surface area contributed by atoms with Crippen LogP contribution in [0.15, 0.2) is 0 Å². The molecule has 1 atom stereocenters. The number of Topliss-reactive ketones (excluding diaryl/α,β-unsaturated/α-hetero) is 1. The maximum Gasteiger partial charge on any atom is 0.451 e. The third-order valence-corrected chi connectivity index (χ3v) is 1.85. The Morgan fingerprint density at radius 1 is 1.60 bits per heavy atom. The second-order valence-electron chi connectivity index (χ2n) is 1.57. The summed E-state index contributed by atoms with van der Waals surface area (Å²) in [6, 6.07) is 0. The minimum absolute atomic E-state index is 0.279.